The molecule has 5 heteroatoms. The lowest BCUT2D eigenvalue weighted by molar-refractivity contribution is -0.118. The highest BCUT2D eigenvalue weighted by atomic mass is 16.5. The van der Waals surface area contributed by atoms with Crippen molar-refractivity contribution < 1.29 is 19.1 Å². The Bertz CT molecular complexity index is 968. The van der Waals surface area contributed by atoms with Crippen LogP contribution in [0, 0.1) is 0 Å². The summed E-state index contributed by atoms with van der Waals surface area (Å²) in [6, 6.07) is 24.2. The summed E-state index contributed by atoms with van der Waals surface area (Å²) < 4.78 is 11.4. The summed E-state index contributed by atoms with van der Waals surface area (Å²) in [4.78, 5) is 24.0. The molecule has 5 nitrogen and oxygen atoms in total. The second kappa shape index (κ2) is 10.8. The monoisotopic (exact) mass is 403 g/mol. The van der Waals surface area contributed by atoms with Gasteiger partial charge < -0.3 is 14.8 Å². The minimum absolute atomic E-state index is 0.0724. The summed E-state index contributed by atoms with van der Waals surface area (Å²) in [7, 11) is 0. The number of benzene rings is 3. The number of anilines is 1. The second-order valence-corrected chi connectivity index (χ2v) is 6.72. The Morgan fingerprint density at radius 3 is 2.27 bits per heavy atom. The van der Waals surface area contributed by atoms with Crippen LogP contribution in [0.4, 0.5) is 5.69 Å². The van der Waals surface area contributed by atoms with E-state index < -0.39 is 0 Å². The van der Waals surface area contributed by atoms with E-state index in [4.69, 9.17) is 9.47 Å². The van der Waals surface area contributed by atoms with Gasteiger partial charge in [0.25, 0.3) is 5.91 Å². The normalized spacial score (nSPS) is 10.3. The van der Waals surface area contributed by atoms with Crippen LogP contribution in [0.15, 0.2) is 78.9 Å². The number of rotatable bonds is 10. The van der Waals surface area contributed by atoms with E-state index in [2.05, 4.69) is 17.4 Å². The lowest BCUT2D eigenvalue weighted by atomic mass is 10.1. The predicted molar refractivity (Wildman–Crippen MR) is 117 cm³/mol. The molecule has 0 bridgehead atoms. The number of hydrogen-bond donors (Lipinski definition) is 1. The van der Waals surface area contributed by atoms with Crippen molar-refractivity contribution in [2.45, 2.75) is 19.8 Å². The van der Waals surface area contributed by atoms with Crippen molar-refractivity contribution in [3.63, 3.8) is 0 Å². The van der Waals surface area contributed by atoms with Gasteiger partial charge in [0, 0.05) is 18.4 Å². The first-order chi connectivity index (χ1) is 14.7. The molecular weight excluding hydrogens is 378 g/mol. The van der Waals surface area contributed by atoms with Crippen molar-refractivity contribution in [3.05, 3.63) is 90.0 Å². The van der Waals surface area contributed by atoms with E-state index in [1.807, 2.05) is 43.3 Å². The van der Waals surface area contributed by atoms with Crippen molar-refractivity contribution in [3.8, 4) is 11.5 Å². The molecule has 0 aliphatic rings. The fraction of sp³-hybridized carbons (Fsp3) is 0.200. The van der Waals surface area contributed by atoms with Crippen LogP contribution < -0.4 is 14.8 Å². The number of para-hydroxylation sites is 2. The Morgan fingerprint density at radius 2 is 1.53 bits per heavy atom. The molecule has 0 atom stereocenters. The molecule has 0 fully saturated rings. The highest BCUT2D eigenvalue weighted by Crippen LogP contribution is 2.24. The van der Waals surface area contributed by atoms with E-state index in [9.17, 15) is 9.59 Å². The van der Waals surface area contributed by atoms with Crippen LogP contribution in [0.25, 0.3) is 0 Å². The van der Waals surface area contributed by atoms with Gasteiger partial charge in [-0.3, -0.25) is 9.59 Å². The highest BCUT2D eigenvalue weighted by Gasteiger charge is 2.09. The third-order valence-corrected chi connectivity index (χ3v) is 4.52. The maximum absolute atomic E-state index is 12.3. The fourth-order valence-corrected chi connectivity index (χ4v) is 2.90. The molecule has 0 radical (unpaired) electrons. The number of amides is 1. The molecule has 154 valence electrons. The van der Waals surface area contributed by atoms with E-state index in [1.165, 1.54) is 5.56 Å². The highest BCUT2D eigenvalue weighted by molar-refractivity contribution is 5.96. The molecule has 0 unspecified atom stereocenters. The van der Waals surface area contributed by atoms with Crippen molar-refractivity contribution in [1.29, 1.82) is 0 Å². The third-order valence-electron chi connectivity index (χ3n) is 4.52. The van der Waals surface area contributed by atoms with Gasteiger partial charge in [-0.2, -0.15) is 0 Å². The molecule has 0 heterocycles. The predicted octanol–water partition coefficient (Wildman–Crippen LogP) is 4.92. The smallest absolute Gasteiger partial charge is 0.262 e. The minimum atomic E-state index is -0.289. The van der Waals surface area contributed by atoms with Crippen molar-refractivity contribution in [2.24, 2.45) is 0 Å². The number of ketones is 1. The zero-order chi connectivity index (χ0) is 21.2. The standard InChI is InChI=1S/C25H25NO4/c1-2-23(27)20-12-14-21(15-13-20)30-18-25(28)26-22-10-6-7-11-24(22)29-17-16-19-8-4-3-5-9-19/h3-15H,2,16-18H2,1H3,(H,26,28). The van der Waals surface area contributed by atoms with Gasteiger partial charge in [-0.05, 0) is 42.0 Å². The molecule has 30 heavy (non-hydrogen) atoms. The van der Waals surface area contributed by atoms with E-state index in [1.54, 1.807) is 30.3 Å². The summed E-state index contributed by atoms with van der Waals surface area (Å²) in [5.41, 5.74) is 2.43. The van der Waals surface area contributed by atoms with E-state index in [0.29, 0.717) is 35.8 Å². The SMILES string of the molecule is CCC(=O)c1ccc(OCC(=O)Nc2ccccc2OCCc2ccccc2)cc1. The average molecular weight is 403 g/mol. The largest absolute Gasteiger partial charge is 0.491 e. The minimum Gasteiger partial charge on any atom is -0.491 e. The van der Waals surface area contributed by atoms with Crippen LogP contribution in [0.1, 0.15) is 29.3 Å². The van der Waals surface area contributed by atoms with Gasteiger partial charge in [0.15, 0.2) is 12.4 Å². The van der Waals surface area contributed by atoms with Gasteiger partial charge in [0.2, 0.25) is 0 Å². The molecule has 0 spiro atoms. The Kier molecular flexibility index (Phi) is 7.61. The van der Waals surface area contributed by atoms with E-state index in [-0.39, 0.29) is 18.3 Å². The van der Waals surface area contributed by atoms with E-state index >= 15 is 0 Å². The molecule has 0 saturated carbocycles. The first kappa shape index (κ1) is 21.1. The molecule has 1 amide bonds. The molecule has 0 saturated heterocycles. The Labute approximate surface area is 176 Å². The molecule has 3 rings (SSSR count). The number of ether oxygens (including phenoxy) is 2. The number of carbonyl (C=O) groups is 2. The molecule has 0 aliphatic heterocycles. The second-order valence-electron chi connectivity index (χ2n) is 6.72. The summed E-state index contributed by atoms with van der Waals surface area (Å²) in [5.74, 6) is 0.931. The lowest BCUT2D eigenvalue weighted by Gasteiger charge is -2.13. The quantitative estimate of drug-likeness (QED) is 0.488. The van der Waals surface area contributed by atoms with Crippen LogP contribution in [-0.2, 0) is 11.2 Å². The summed E-state index contributed by atoms with van der Waals surface area (Å²) in [6.45, 7) is 2.19. The lowest BCUT2D eigenvalue weighted by Crippen LogP contribution is -2.20. The fourth-order valence-electron chi connectivity index (χ4n) is 2.90. The van der Waals surface area contributed by atoms with Crippen molar-refractivity contribution >= 4 is 17.4 Å². The van der Waals surface area contributed by atoms with Crippen molar-refractivity contribution in [1.82, 2.24) is 0 Å². The third kappa shape index (κ3) is 6.21. The first-order valence-electron chi connectivity index (χ1n) is 9.97. The van der Waals surface area contributed by atoms with Gasteiger partial charge in [0.1, 0.15) is 11.5 Å². The van der Waals surface area contributed by atoms with Gasteiger partial charge in [-0.15, -0.1) is 0 Å². The van der Waals surface area contributed by atoms with Crippen LogP contribution in [0.5, 0.6) is 11.5 Å². The number of hydrogen-bond acceptors (Lipinski definition) is 4. The van der Waals surface area contributed by atoms with Gasteiger partial charge in [-0.25, -0.2) is 0 Å². The molecule has 0 aromatic heterocycles. The Hall–Kier alpha value is -3.60. The molecule has 0 aliphatic carbocycles. The van der Waals surface area contributed by atoms with Crippen LogP contribution in [0.2, 0.25) is 0 Å². The molecule has 3 aromatic carbocycles. The summed E-state index contributed by atoms with van der Waals surface area (Å²) in [5, 5.41) is 2.83. The number of nitrogens with one attached hydrogen (secondary N) is 1. The summed E-state index contributed by atoms with van der Waals surface area (Å²) >= 11 is 0. The summed E-state index contributed by atoms with van der Waals surface area (Å²) in [6.07, 6.45) is 1.23. The number of carbonyl (C=O) groups excluding carboxylic acids is 2. The maximum atomic E-state index is 12.3. The van der Waals surface area contributed by atoms with Crippen LogP contribution >= 0.6 is 0 Å². The Balaban J connectivity index is 1.50. The zero-order valence-corrected chi connectivity index (χ0v) is 17.0. The number of Topliss-reactive ketones (excluding diaryl/α,β-unsaturated/α-hetero) is 1. The van der Waals surface area contributed by atoms with Crippen molar-refractivity contribution in [2.75, 3.05) is 18.5 Å². The first-order valence-corrected chi connectivity index (χ1v) is 9.97. The average Bonchev–Trinajstić information content (AvgIpc) is 2.79. The molecule has 1 N–H and O–H groups in total. The van der Waals surface area contributed by atoms with Gasteiger partial charge >= 0.3 is 0 Å². The van der Waals surface area contributed by atoms with Gasteiger partial charge in [0.05, 0.1) is 12.3 Å². The van der Waals surface area contributed by atoms with E-state index in [0.717, 1.165) is 6.42 Å². The van der Waals surface area contributed by atoms with Gasteiger partial charge in [-0.1, -0.05) is 49.4 Å². The van der Waals surface area contributed by atoms with Crippen LogP contribution in [-0.4, -0.2) is 24.9 Å². The zero-order valence-electron chi connectivity index (χ0n) is 17.0. The van der Waals surface area contributed by atoms with Crippen LogP contribution in [0.3, 0.4) is 0 Å². The molecular formula is C25H25NO4. The Morgan fingerprint density at radius 1 is 0.833 bits per heavy atom. The maximum Gasteiger partial charge on any atom is 0.262 e. The topological polar surface area (TPSA) is 64.6 Å². The molecule has 3 aromatic rings.